The Balaban J connectivity index is 0.000000162. The zero-order chi connectivity index (χ0) is 33.9. The fourth-order valence-electron chi connectivity index (χ4n) is 5.96. The van der Waals surface area contributed by atoms with Crippen LogP contribution >= 0.6 is 17.0 Å². The molecule has 0 atom stereocenters. The van der Waals surface area contributed by atoms with Gasteiger partial charge in [0.1, 0.15) is 0 Å². The van der Waals surface area contributed by atoms with Gasteiger partial charge in [-0.05, 0) is 36.1 Å². The quantitative estimate of drug-likeness (QED) is 0.132. The molecule has 0 N–H and O–H groups in total. The number of para-hydroxylation sites is 2. The Morgan fingerprint density at radius 1 is 0.562 bits per heavy atom. The number of halogens is 2. The van der Waals surface area contributed by atoms with Gasteiger partial charge in [-0.3, -0.25) is 9.97 Å². The summed E-state index contributed by atoms with van der Waals surface area (Å²) in [5.74, 6) is 0. The van der Waals surface area contributed by atoms with Crippen LogP contribution in [-0.2, 0) is 33.7 Å². The van der Waals surface area contributed by atoms with Crippen molar-refractivity contribution in [2.75, 3.05) is 0 Å². The summed E-state index contributed by atoms with van der Waals surface area (Å²) in [4.78, 5) is 9.12. The molecule has 48 heavy (non-hydrogen) atoms. The van der Waals surface area contributed by atoms with E-state index in [4.69, 9.17) is 17.0 Å². The third kappa shape index (κ3) is 8.60. The first-order valence-corrected chi connectivity index (χ1v) is 24.5. The van der Waals surface area contributed by atoms with Crippen LogP contribution in [-0.4, -0.2) is 19.5 Å². The Kier molecular flexibility index (Phi) is 13.3. The second-order valence-corrected chi connectivity index (χ2v) is 16.2. The van der Waals surface area contributed by atoms with Gasteiger partial charge in [0, 0.05) is 32.7 Å². The number of fused-ring (bicyclic) bond motifs is 4. The summed E-state index contributed by atoms with van der Waals surface area (Å²) >= 11 is -0.826. The van der Waals surface area contributed by atoms with Gasteiger partial charge in [-0.15, -0.1) is 69.1 Å². The fraction of sp³-hybridized carbons (Fsp3) is 0.143. The Morgan fingerprint density at radius 2 is 0.958 bits per heavy atom. The van der Waals surface area contributed by atoms with Gasteiger partial charge >= 0.3 is 37.9 Å². The summed E-state index contributed by atoms with van der Waals surface area (Å²) in [6.45, 7) is 8.70. The van der Waals surface area contributed by atoms with E-state index in [2.05, 4.69) is 146 Å². The van der Waals surface area contributed by atoms with Crippen molar-refractivity contribution in [3.05, 3.63) is 145 Å². The number of hydrogen-bond acceptors (Lipinski definition) is 2. The number of aromatic nitrogens is 2. The number of pyridine rings is 2. The van der Waals surface area contributed by atoms with E-state index in [0.717, 1.165) is 33.4 Å². The normalized spacial score (nSPS) is 10.5. The predicted molar refractivity (Wildman–Crippen MR) is 208 cm³/mol. The average Bonchev–Trinajstić information content (AvgIpc) is 3.75. The first kappa shape index (κ1) is 35.9. The van der Waals surface area contributed by atoms with Gasteiger partial charge in [-0.25, -0.2) is 0 Å². The van der Waals surface area contributed by atoms with Crippen molar-refractivity contribution in [1.29, 1.82) is 0 Å². The van der Waals surface area contributed by atoms with Crippen LogP contribution in [0.2, 0.25) is 13.1 Å². The fourth-order valence-corrected chi connectivity index (χ4v) is 5.96. The molecule has 0 aliphatic carbocycles. The molecule has 2 nitrogen and oxygen atoms in total. The Labute approximate surface area is 305 Å². The molecule has 2 aromatic heterocycles. The van der Waals surface area contributed by atoms with Crippen molar-refractivity contribution in [3.63, 3.8) is 0 Å². The summed E-state index contributed by atoms with van der Waals surface area (Å²) in [6, 6.07) is 43.5. The van der Waals surface area contributed by atoms with E-state index in [1.165, 1.54) is 65.7 Å². The molecule has 6 aromatic carbocycles. The molecule has 0 saturated heterocycles. The topological polar surface area (TPSA) is 25.8 Å². The number of nitrogens with zero attached hydrogens (tertiary/aromatic N) is 2. The molecule has 238 valence electrons. The molecule has 0 unspecified atom stereocenters. The number of rotatable bonds is 4. The predicted octanol–water partition coefficient (Wildman–Crippen LogP) is 12.8. The summed E-state index contributed by atoms with van der Waals surface area (Å²) in [5.41, 5.74) is 9.82. The number of benzene rings is 4. The van der Waals surface area contributed by atoms with Gasteiger partial charge in [0.05, 0.1) is 11.0 Å². The van der Waals surface area contributed by atoms with Gasteiger partial charge < -0.3 is 0 Å². The number of aryl methyl sites for hydroxylation is 2. The summed E-state index contributed by atoms with van der Waals surface area (Å²) in [6.07, 6.45) is 5.89. The van der Waals surface area contributed by atoms with Crippen molar-refractivity contribution in [3.8, 4) is 22.3 Å². The summed E-state index contributed by atoms with van der Waals surface area (Å²) in [7, 11) is 11.0. The molecule has 0 bridgehead atoms. The maximum atomic E-state index is 4.93. The molecule has 8 rings (SSSR count). The molecule has 0 aliphatic rings. The maximum absolute atomic E-state index is 4.93. The van der Waals surface area contributed by atoms with Crippen LogP contribution in [0.1, 0.15) is 25.0 Å². The zero-order valence-electron chi connectivity index (χ0n) is 27.8. The van der Waals surface area contributed by atoms with Crippen LogP contribution in [0.4, 0.5) is 0 Å². The van der Waals surface area contributed by atoms with Gasteiger partial charge in [0.2, 0.25) is 0 Å². The van der Waals surface area contributed by atoms with E-state index >= 15 is 0 Å². The van der Waals surface area contributed by atoms with Crippen molar-refractivity contribution >= 4 is 69.9 Å². The van der Waals surface area contributed by atoms with E-state index in [9.17, 15) is 0 Å². The standard InChI is InChI=1S/2C20H16N.C2H6Si.2ClH.Zr/c2*1-2-14-11-16-8-9-17(13-18(16)12-14)19-7-3-5-15-6-4-10-21-20(15)19;1-3-2;;;/h2*3-13H,2H2,1H3;1-2H3;2*1H;/q2*-1;;;;+4/p-2. The van der Waals surface area contributed by atoms with Crippen molar-refractivity contribution in [2.45, 2.75) is 39.8 Å². The van der Waals surface area contributed by atoms with Gasteiger partial charge in [0.25, 0.3) is 0 Å². The monoisotopic (exact) mass is 758 g/mol. The molecule has 0 saturated carbocycles. The molecule has 0 fully saturated rings. The van der Waals surface area contributed by atoms with E-state index in [-0.39, 0.29) is 0 Å². The van der Waals surface area contributed by atoms with E-state index < -0.39 is 20.8 Å². The first-order valence-electron chi connectivity index (χ1n) is 16.1. The SMILES string of the molecule is CCc1cc2ccc(-c3cccc4cccnc34)cc2[cH-]1.CCc1cc2ccc(-c3cccc4cccnc34)cc2[cH-]1.C[Si]C.[Cl][Zr+2][Cl]. The molecule has 8 aromatic rings. The van der Waals surface area contributed by atoms with Crippen LogP contribution in [0.15, 0.2) is 134 Å². The Hall–Kier alpha value is -3.40. The molecule has 2 radical (unpaired) electrons. The summed E-state index contributed by atoms with van der Waals surface area (Å²) in [5, 5.41) is 7.65. The second-order valence-electron chi connectivity index (χ2n) is 11.5. The molecule has 0 spiro atoms. The van der Waals surface area contributed by atoms with Crippen LogP contribution in [0.25, 0.3) is 65.6 Å². The van der Waals surface area contributed by atoms with Gasteiger partial charge in [-0.2, -0.15) is 12.1 Å². The third-order valence-electron chi connectivity index (χ3n) is 8.24. The average molecular weight is 761 g/mol. The molecule has 0 aliphatic heterocycles. The van der Waals surface area contributed by atoms with Crippen LogP contribution < -0.4 is 0 Å². The van der Waals surface area contributed by atoms with E-state index in [1.807, 2.05) is 24.5 Å². The molecule has 0 amide bonds. The third-order valence-corrected chi connectivity index (χ3v) is 8.24. The Morgan fingerprint density at radius 3 is 1.35 bits per heavy atom. The van der Waals surface area contributed by atoms with Crippen molar-refractivity contribution in [2.24, 2.45) is 0 Å². The summed E-state index contributed by atoms with van der Waals surface area (Å²) < 4.78 is 0. The first-order chi connectivity index (χ1) is 23.5. The molecular formula is C42H38Cl2N2SiZr. The van der Waals surface area contributed by atoms with Crippen molar-refractivity contribution in [1.82, 2.24) is 9.97 Å². The molecular weight excluding hydrogens is 723 g/mol. The van der Waals surface area contributed by atoms with Crippen LogP contribution in [0, 0.1) is 0 Å². The minimum absolute atomic E-state index is 0.826. The second kappa shape index (κ2) is 17.8. The van der Waals surface area contributed by atoms with Crippen LogP contribution in [0.3, 0.4) is 0 Å². The van der Waals surface area contributed by atoms with Crippen LogP contribution in [0.5, 0.6) is 0 Å². The van der Waals surface area contributed by atoms with E-state index in [1.54, 1.807) is 0 Å². The van der Waals surface area contributed by atoms with Gasteiger partial charge in [-0.1, -0.05) is 98.7 Å². The Bertz CT molecular complexity index is 2070. The van der Waals surface area contributed by atoms with E-state index in [0.29, 0.717) is 0 Å². The zero-order valence-corrected chi connectivity index (χ0v) is 32.7. The van der Waals surface area contributed by atoms with Gasteiger partial charge in [0.15, 0.2) is 0 Å². The van der Waals surface area contributed by atoms with Crippen molar-refractivity contribution < 1.29 is 20.8 Å². The molecule has 6 heteroatoms. The minimum atomic E-state index is -0.826. The molecule has 2 heterocycles. The number of hydrogen-bond donors (Lipinski definition) is 0.